The average molecular weight is 255 g/mol. The lowest BCUT2D eigenvalue weighted by Crippen LogP contribution is -2.22. The molecule has 1 fully saturated rings. The van der Waals surface area contributed by atoms with Crippen molar-refractivity contribution in [1.29, 1.82) is 0 Å². The summed E-state index contributed by atoms with van der Waals surface area (Å²) < 4.78 is 35.5. The molecule has 0 bridgehead atoms. The molecule has 1 aliphatic heterocycles. The molecule has 1 heterocycles. The van der Waals surface area contributed by atoms with Gasteiger partial charge in [0.15, 0.2) is 5.03 Å². The first-order valence-electron chi connectivity index (χ1n) is 5.54. The highest BCUT2D eigenvalue weighted by molar-refractivity contribution is 7.90. The molecule has 17 heavy (non-hydrogen) atoms. The van der Waals surface area contributed by atoms with Crippen molar-refractivity contribution in [2.45, 2.75) is 12.8 Å². The molecule has 1 saturated heterocycles. The van der Waals surface area contributed by atoms with Crippen LogP contribution in [0, 0.1) is 0 Å². The smallest absolute Gasteiger partial charge is 0.347 e. The fourth-order valence-electron chi connectivity index (χ4n) is 1.95. The van der Waals surface area contributed by atoms with Crippen LogP contribution in [0.2, 0.25) is 0 Å². The van der Waals surface area contributed by atoms with Gasteiger partial charge in [-0.1, -0.05) is 34.2 Å². The maximum atomic E-state index is 13.3. The molecule has 1 aromatic carbocycles. The van der Waals surface area contributed by atoms with Crippen LogP contribution in [0.3, 0.4) is 0 Å². The molecule has 0 N–H and O–H groups in total. The molecule has 1 aliphatic rings. The van der Waals surface area contributed by atoms with Crippen molar-refractivity contribution < 1.29 is 12.3 Å². The standard InChI is InChI=1S/C12H14FNO2S/c13-17(15,16)12(14-8-4-5-9-14)10-11-6-2-1-3-7-11/h1-3,6-7,10H,4-5,8-9H2/b12-10+. The molecule has 0 spiro atoms. The second-order valence-electron chi connectivity index (χ2n) is 4.03. The Kier molecular flexibility index (Phi) is 3.47. The lowest BCUT2D eigenvalue weighted by molar-refractivity contribution is 0.439. The summed E-state index contributed by atoms with van der Waals surface area (Å²) in [5, 5.41) is -0.221. The lowest BCUT2D eigenvalue weighted by atomic mass is 10.2. The zero-order valence-electron chi connectivity index (χ0n) is 9.34. The topological polar surface area (TPSA) is 37.4 Å². The minimum Gasteiger partial charge on any atom is -0.360 e. The Labute approximate surface area is 101 Å². The van der Waals surface area contributed by atoms with Gasteiger partial charge in [-0.3, -0.25) is 0 Å². The van der Waals surface area contributed by atoms with Crippen LogP contribution in [-0.2, 0) is 10.2 Å². The Bertz CT molecular complexity index is 505. The zero-order valence-corrected chi connectivity index (χ0v) is 10.2. The Hall–Kier alpha value is -1.36. The molecule has 3 nitrogen and oxygen atoms in total. The second-order valence-corrected chi connectivity index (χ2v) is 5.32. The molecule has 0 amide bonds. The number of likely N-dealkylation sites (tertiary alicyclic amines) is 1. The number of rotatable bonds is 3. The monoisotopic (exact) mass is 255 g/mol. The Balaban J connectivity index is 2.37. The lowest BCUT2D eigenvalue weighted by Gasteiger charge is -2.17. The summed E-state index contributed by atoms with van der Waals surface area (Å²) in [7, 11) is -4.66. The average Bonchev–Trinajstić information content (AvgIpc) is 2.79. The SMILES string of the molecule is O=S(=O)(F)/C(=C/c1ccccc1)N1CCCC1. The fraction of sp³-hybridized carbons (Fsp3) is 0.333. The third kappa shape index (κ3) is 3.06. The normalized spacial score (nSPS) is 17.5. The summed E-state index contributed by atoms with van der Waals surface area (Å²) >= 11 is 0. The van der Waals surface area contributed by atoms with E-state index in [9.17, 15) is 12.3 Å². The predicted molar refractivity (Wildman–Crippen MR) is 65.3 cm³/mol. The highest BCUT2D eigenvalue weighted by atomic mass is 32.3. The van der Waals surface area contributed by atoms with Gasteiger partial charge in [0.25, 0.3) is 0 Å². The van der Waals surface area contributed by atoms with Gasteiger partial charge in [0.1, 0.15) is 0 Å². The van der Waals surface area contributed by atoms with Gasteiger partial charge in [-0.15, -0.1) is 0 Å². The van der Waals surface area contributed by atoms with Crippen molar-refractivity contribution in [3.05, 3.63) is 40.9 Å². The van der Waals surface area contributed by atoms with Crippen molar-refractivity contribution >= 4 is 16.3 Å². The fourth-order valence-corrected chi connectivity index (χ4v) is 2.71. The van der Waals surface area contributed by atoms with Crippen molar-refractivity contribution in [3.8, 4) is 0 Å². The van der Waals surface area contributed by atoms with Crippen LogP contribution in [0.5, 0.6) is 0 Å². The summed E-state index contributed by atoms with van der Waals surface area (Å²) in [6.07, 6.45) is 3.20. The summed E-state index contributed by atoms with van der Waals surface area (Å²) in [6, 6.07) is 8.91. The molecular formula is C12H14FNO2S. The quantitative estimate of drug-likeness (QED) is 0.778. The number of halogens is 1. The summed E-state index contributed by atoms with van der Waals surface area (Å²) in [6.45, 7) is 1.20. The van der Waals surface area contributed by atoms with Crippen molar-refractivity contribution in [2.75, 3.05) is 13.1 Å². The molecule has 92 valence electrons. The van der Waals surface area contributed by atoms with E-state index in [1.807, 2.05) is 6.07 Å². The van der Waals surface area contributed by atoms with E-state index < -0.39 is 10.2 Å². The largest absolute Gasteiger partial charge is 0.360 e. The summed E-state index contributed by atoms with van der Waals surface area (Å²) in [5.74, 6) is 0. The molecule has 0 aliphatic carbocycles. The van der Waals surface area contributed by atoms with Crippen LogP contribution < -0.4 is 0 Å². The number of benzene rings is 1. The second kappa shape index (κ2) is 4.87. The minimum absolute atomic E-state index is 0.221. The third-order valence-electron chi connectivity index (χ3n) is 2.76. The van der Waals surface area contributed by atoms with Gasteiger partial charge in [0, 0.05) is 13.1 Å². The van der Waals surface area contributed by atoms with Crippen molar-refractivity contribution in [3.63, 3.8) is 0 Å². The van der Waals surface area contributed by atoms with E-state index in [1.165, 1.54) is 6.08 Å². The molecule has 1 aromatic rings. The molecule has 5 heteroatoms. The molecule has 0 saturated carbocycles. The van der Waals surface area contributed by atoms with E-state index in [4.69, 9.17) is 0 Å². The van der Waals surface area contributed by atoms with Gasteiger partial charge in [-0.25, -0.2) is 0 Å². The summed E-state index contributed by atoms with van der Waals surface area (Å²) in [4.78, 5) is 1.59. The Morgan fingerprint density at radius 1 is 1.18 bits per heavy atom. The molecule has 0 atom stereocenters. The van der Waals surface area contributed by atoms with Crippen LogP contribution >= 0.6 is 0 Å². The highest BCUT2D eigenvalue weighted by Crippen LogP contribution is 2.23. The highest BCUT2D eigenvalue weighted by Gasteiger charge is 2.25. The number of nitrogens with zero attached hydrogens (tertiary/aromatic N) is 1. The minimum atomic E-state index is -4.66. The van der Waals surface area contributed by atoms with E-state index in [-0.39, 0.29) is 5.03 Å². The number of hydrogen-bond acceptors (Lipinski definition) is 3. The van der Waals surface area contributed by atoms with Crippen LogP contribution in [-0.4, -0.2) is 26.4 Å². The van der Waals surface area contributed by atoms with Crippen molar-refractivity contribution in [2.24, 2.45) is 0 Å². The molecule has 0 radical (unpaired) electrons. The van der Waals surface area contributed by atoms with Crippen molar-refractivity contribution in [1.82, 2.24) is 4.90 Å². The first-order valence-corrected chi connectivity index (χ1v) is 6.92. The van der Waals surface area contributed by atoms with Gasteiger partial charge >= 0.3 is 10.2 Å². The van der Waals surface area contributed by atoms with Crippen LogP contribution in [0.1, 0.15) is 18.4 Å². The zero-order chi connectivity index (χ0) is 12.3. The van der Waals surface area contributed by atoms with Gasteiger partial charge in [-0.05, 0) is 24.5 Å². The molecule has 0 unspecified atom stereocenters. The Morgan fingerprint density at radius 2 is 1.76 bits per heavy atom. The van der Waals surface area contributed by atoms with E-state index in [2.05, 4.69) is 0 Å². The van der Waals surface area contributed by atoms with Gasteiger partial charge in [0.2, 0.25) is 0 Å². The van der Waals surface area contributed by atoms with Gasteiger partial charge < -0.3 is 4.90 Å². The van der Waals surface area contributed by atoms with E-state index in [1.54, 1.807) is 29.2 Å². The molecule has 2 rings (SSSR count). The van der Waals surface area contributed by atoms with Crippen LogP contribution in [0.25, 0.3) is 6.08 Å². The number of hydrogen-bond donors (Lipinski definition) is 0. The third-order valence-corrected chi connectivity index (χ3v) is 3.63. The molecular weight excluding hydrogens is 241 g/mol. The summed E-state index contributed by atoms with van der Waals surface area (Å²) in [5.41, 5.74) is 0.690. The first kappa shape index (κ1) is 12.1. The first-order chi connectivity index (χ1) is 8.07. The van der Waals surface area contributed by atoms with Gasteiger partial charge in [-0.2, -0.15) is 8.42 Å². The van der Waals surface area contributed by atoms with Crippen LogP contribution in [0.15, 0.2) is 35.4 Å². The van der Waals surface area contributed by atoms with Gasteiger partial charge in [0.05, 0.1) is 0 Å². The van der Waals surface area contributed by atoms with Crippen LogP contribution in [0.4, 0.5) is 3.89 Å². The predicted octanol–water partition coefficient (Wildman–Crippen LogP) is 2.38. The van der Waals surface area contributed by atoms with E-state index in [0.29, 0.717) is 18.7 Å². The molecule has 0 aromatic heterocycles. The Morgan fingerprint density at radius 3 is 2.29 bits per heavy atom. The maximum absolute atomic E-state index is 13.3. The van der Waals surface area contributed by atoms with E-state index in [0.717, 1.165) is 12.8 Å². The maximum Gasteiger partial charge on any atom is 0.347 e. The van der Waals surface area contributed by atoms with E-state index >= 15 is 0 Å².